The Morgan fingerprint density at radius 2 is 1.88 bits per heavy atom. The van der Waals surface area contributed by atoms with E-state index in [0.29, 0.717) is 13.1 Å². The summed E-state index contributed by atoms with van der Waals surface area (Å²) in [5, 5.41) is 9.17. The van der Waals surface area contributed by atoms with Gasteiger partial charge in [0, 0.05) is 13.1 Å². The minimum absolute atomic E-state index is 0.0454. The average molecular weight is 386 g/mol. The molecular formula is C17H23FN2O5S. The van der Waals surface area contributed by atoms with E-state index in [2.05, 4.69) is 4.72 Å². The zero-order valence-electron chi connectivity index (χ0n) is 14.7. The minimum Gasteiger partial charge on any atom is -0.480 e. The maximum atomic E-state index is 14.3. The molecule has 0 unspecified atom stereocenters. The monoisotopic (exact) mass is 386 g/mol. The van der Waals surface area contributed by atoms with E-state index >= 15 is 0 Å². The smallest absolute Gasteiger partial charge is 0.321 e. The summed E-state index contributed by atoms with van der Waals surface area (Å²) < 4.78 is 41.2. The molecule has 0 aliphatic carbocycles. The van der Waals surface area contributed by atoms with Crippen LogP contribution in [0.2, 0.25) is 0 Å². The van der Waals surface area contributed by atoms with Crippen LogP contribution in [0.3, 0.4) is 0 Å². The van der Waals surface area contributed by atoms with E-state index in [1.165, 1.54) is 4.90 Å². The molecule has 9 heteroatoms. The Bertz CT molecular complexity index is 788. The van der Waals surface area contributed by atoms with Crippen LogP contribution in [0.15, 0.2) is 23.1 Å². The van der Waals surface area contributed by atoms with Crippen LogP contribution >= 0.6 is 0 Å². The normalized spacial score (nSPS) is 16.1. The molecule has 1 aromatic rings. The van der Waals surface area contributed by atoms with Crippen LogP contribution in [0.4, 0.5) is 4.39 Å². The lowest BCUT2D eigenvalue weighted by Crippen LogP contribution is -2.41. The fourth-order valence-corrected chi connectivity index (χ4v) is 4.07. The third-order valence-corrected chi connectivity index (χ3v) is 5.65. The van der Waals surface area contributed by atoms with E-state index in [1.54, 1.807) is 13.8 Å². The molecule has 26 heavy (non-hydrogen) atoms. The van der Waals surface area contributed by atoms with Crippen LogP contribution in [0.25, 0.3) is 0 Å². The summed E-state index contributed by atoms with van der Waals surface area (Å²) in [6, 6.07) is 1.68. The van der Waals surface area contributed by atoms with Gasteiger partial charge in [-0.05, 0) is 43.4 Å². The molecule has 0 bridgehead atoms. The van der Waals surface area contributed by atoms with Gasteiger partial charge < -0.3 is 10.0 Å². The average Bonchev–Trinajstić information content (AvgIpc) is 3.07. The first-order chi connectivity index (χ1) is 12.1. The first-order valence-corrected chi connectivity index (χ1v) is 9.94. The Hall–Kier alpha value is -2.00. The molecule has 1 amide bonds. The van der Waals surface area contributed by atoms with Crippen molar-refractivity contribution in [1.82, 2.24) is 9.62 Å². The fourth-order valence-electron chi connectivity index (χ4n) is 2.85. The number of benzene rings is 1. The van der Waals surface area contributed by atoms with E-state index < -0.39 is 38.7 Å². The van der Waals surface area contributed by atoms with E-state index in [1.807, 2.05) is 0 Å². The molecule has 2 N–H and O–H groups in total. The summed E-state index contributed by atoms with van der Waals surface area (Å²) in [4.78, 5) is 24.6. The first-order valence-electron chi connectivity index (χ1n) is 8.46. The molecule has 0 spiro atoms. The number of rotatable bonds is 7. The van der Waals surface area contributed by atoms with E-state index in [9.17, 15) is 27.5 Å². The van der Waals surface area contributed by atoms with Crippen molar-refractivity contribution in [3.05, 3.63) is 29.6 Å². The fraction of sp³-hybridized carbons (Fsp3) is 0.529. The molecule has 1 fully saturated rings. The third-order valence-electron chi connectivity index (χ3n) is 4.18. The predicted molar refractivity (Wildman–Crippen MR) is 92.7 cm³/mol. The number of carbonyl (C=O) groups excluding carboxylic acids is 1. The van der Waals surface area contributed by atoms with E-state index in [4.69, 9.17) is 0 Å². The van der Waals surface area contributed by atoms with Gasteiger partial charge in [-0.25, -0.2) is 12.8 Å². The lowest BCUT2D eigenvalue weighted by Gasteiger charge is -2.18. The Labute approximate surface area is 152 Å². The molecular weight excluding hydrogens is 363 g/mol. The Kier molecular flexibility index (Phi) is 6.35. The highest BCUT2D eigenvalue weighted by atomic mass is 32.2. The summed E-state index contributed by atoms with van der Waals surface area (Å²) in [7, 11) is -4.23. The van der Waals surface area contributed by atoms with Crippen LogP contribution in [0.1, 0.15) is 43.5 Å². The molecule has 0 aromatic heterocycles. The number of aliphatic carboxylic acids is 1. The second kappa shape index (κ2) is 8.13. The SMILES string of the molecule is CC(C)C[C@@H](NS(=O)(=O)c1ccc(C(=O)N2CCCC2)c(F)c1)C(=O)O. The summed E-state index contributed by atoms with van der Waals surface area (Å²) in [6.45, 7) is 4.64. The summed E-state index contributed by atoms with van der Waals surface area (Å²) in [5.41, 5.74) is -0.192. The molecule has 1 aliphatic rings. The summed E-state index contributed by atoms with van der Waals surface area (Å²) in [5.74, 6) is -2.76. The van der Waals surface area contributed by atoms with Gasteiger partial charge in [-0.1, -0.05) is 13.8 Å². The highest BCUT2D eigenvalue weighted by Crippen LogP contribution is 2.20. The van der Waals surface area contributed by atoms with Gasteiger partial charge in [-0.15, -0.1) is 0 Å². The number of nitrogens with zero attached hydrogens (tertiary/aromatic N) is 1. The number of sulfonamides is 1. The number of carbonyl (C=O) groups is 2. The number of amides is 1. The Morgan fingerprint density at radius 1 is 1.27 bits per heavy atom. The van der Waals surface area contributed by atoms with Crippen molar-refractivity contribution in [2.75, 3.05) is 13.1 Å². The van der Waals surface area contributed by atoms with Crippen molar-refractivity contribution < 1.29 is 27.5 Å². The molecule has 0 saturated carbocycles. The molecule has 1 heterocycles. The molecule has 7 nitrogen and oxygen atoms in total. The standard InChI is InChI=1S/C17H23FN2O5S/c1-11(2)9-15(17(22)23)19-26(24,25)12-5-6-13(14(18)10-12)16(21)20-7-3-4-8-20/h5-6,10-11,15,19H,3-4,7-9H2,1-2H3,(H,22,23)/t15-/m1/s1. The molecule has 1 atom stereocenters. The lowest BCUT2D eigenvalue weighted by molar-refractivity contribution is -0.139. The van der Waals surface area contributed by atoms with E-state index in [-0.39, 0.29) is 17.9 Å². The molecule has 144 valence electrons. The van der Waals surface area contributed by atoms with Crippen molar-refractivity contribution in [1.29, 1.82) is 0 Å². The topological polar surface area (TPSA) is 104 Å². The Morgan fingerprint density at radius 3 is 2.38 bits per heavy atom. The van der Waals surface area contributed by atoms with Crippen LogP contribution in [-0.4, -0.2) is 49.4 Å². The van der Waals surface area contributed by atoms with Gasteiger partial charge in [0.2, 0.25) is 10.0 Å². The molecule has 2 rings (SSSR count). The zero-order chi connectivity index (χ0) is 19.5. The van der Waals surface area contributed by atoms with Crippen molar-refractivity contribution in [2.24, 2.45) is 5.92 Å². The van der Waals surface area contributed by atoms with E-state index in [0.717, 1.165) is 31.0 Å². The van der Waals surface area contributed by atoms with Crippen molar-refractivity contribution >= 4 is 21.9 Å². The lowest BCUT2D eigenvalue weighted by atomic mass is 10.1. The number of carboxylic acid groups (broad SMARTS) is 1. The molecule has 0 radical (unpaired) electrons. The number of nitrogens with one attached hydrogen (secondary N) is 1. The molecule has 1 aromatic carbocycles. The second-order valence-electron chi connectivity index (χ2n) is 6.78. The van der Waals surface area contributed by atoms with Gasteiger partial charge in [-0.3, -0.25) is 9.59 Å². The molecule has 1 aliphatic heterocycles. The van der Waals surface area contributed by atoms with Crippen LogP contribution in [-0.2, 0) is 14.8 Å². The number of halogens is 1. The predicted octanol–water partition coefficient (Wildman–Crippen LogP) is 1.84. The number of carboxylic acids is 1. The Balaban J connectivity index is 2.23. The van der Waals surface area contributed by atoms with Crippen LogP contribution in [0, 0.1) is 11.7 Å². The third kappa shape index (κ3) is 4.79. The zero-order valence-corrected chi connectivity index (χ0v) is 15.6. The number of hydrogen-bond acceptors (Lipinski definition) is 4. The maximum Gasteiger partial charge on any atom is 0.321 e. The second-order valence-corrected chi connectivity index (χ2v) is 8.50. The largest absolute Gasteiger partial charge is 0.480 e. The van der Waals surface area contributed by atoms with Crippen molar-refractivity contribution in [3.63, 3.8) is 0 Å². The van der Waals surface area contributed by atoms with Gasteiger partial charge in [0.05, 0.1) is 10.5 Å². The minimum atomic E-state index is -4.23. The number of likely N-dealkylation sites (tertiary alicyclic amines) is 1. The van der Waals surface area contributed by atoms with Gasteiger partial charge in [0.15, 0.2) is 0 Å². The highest BCUT2D eigenvalue weighted by Gasteiger charge is 2.28. The van der Waals surface area contributed by atoms with Gasteiger partial charge >= 0.3 is 5.97 Å². The first kappa shape index (κ1) is 20.3. The van der Waals surface area contributed by atoms with Gasteiger partial charge in [0.25, 0.3) is 5.91 Å². The quantitative estimate of drug-likeness (QED) is 0.744. The molecule has 1 saturated heterocycles. The van der Waals surface area contributed by atoms with Crippen molar-refractivity contribution in [3.8, 4) is 0 Å². The number of hydrogen-bond donors (Lipinski definition) is 2. The highest BCUT2D eigenvalue weighted by molar-refractivity contribution is 7.89. The van der Waals surface area contributed by atoms with Crippen molar-refractivity contribution in [2.45, 2.75) is 44.0 Å². The van der Waals surface area contributed by atoms with Gasteiger partial charge in [0.1, 0.15) is 11.9 Å². The summed E-state index contributed by atoms with van der Waals surface area (Å²) >= 11 is 0. The van der Waals surface area contributed by atoms with Crippen LogP contribution < -0.4 is 4.72 Å². The van der Waals surface area contributed by atoms with Crippen LogP contribution in [0.5, 0.6) is 0 Å². The van der Waals surface area contributed by atoms with Gasteiger partial charge in [-0.2, -0.15) is 4.72 Å². The summed E-state index contributed by atoms with van der Waals surface area (Å²) in [6.07, 6.45) is 1.81. The maximum absolute atomic E-state index is 14.3.